The van der Waals surface area contributed by atoms with Crippen molar-refractivity contribution in [3.05, 3.63) is 108 Å². The number of furan rings is 1. The molecule has 1 atom stereocenters. The normalized spacial score (nSPS) is 12.9. The Balaban J connectivity index is 1.34. The molecule has 0 spiro atoms. The fourth-order valence-corrected chi connectivity index (χ4v) is 5.53. The third kappa shape index (κ3) is 5.11. The molecule has 0 aliphatic carbocycles. The second-order valence-electron chi connectivity index (χ2n) is 8.46. The van der Waals surface area contributed by atoms with Crippen molar-refractivity contribution >= 4 is 32.0 Å². The van der Waals surface area contributed by atoms with E-state index in [-0.39, 0.29) is 24.6 Å². The number of hydrogen-bond acceptors (Lipinski definition) is 5. The second kappa shape index (κ2) is 10.1. The maximum absolute atomic E-state index is 13.4. The summed E-state index contributed by atoms with van der Waals surface area (Å²) in [6.45, 7) is -0.276. The molecule has 0 radical (unpaired) electrons. The van der Waals surface area contributed by atoms with Crippen molar-refractivity contribution in [3.8, 4) is 5.75 Å². The van der Waals surface area contributed by atoms with Crippen LogP contribution in [0.4, 0.5) is 4.39 Å². The van der Waals surface area contributed by atoms with Gasteiger partial charge in [-0.2, -0.15) is 4.31 Å². The number of halogens is 1. The monoisotopic (exact) mass is 505 g/mol. The summed E-state index contributed by atoms with van der Waals surface area (Å²) in [5, 5.41) is 12.6. The molecular formula is C28H24FNO5S. The van der Waals surface area contributed by atoms with Crippen molar-refractivity contribution in [2.24, 2.45) is 0 Å². The summed E-state index contributed by atoms with van der Waals surface area (Å²) in [4.78, 5) is -0.0507. The SMILES string of the molecule is O=S(=O)(c1ccc(F)cc1)N(Cc1ccccc1)C[C@H](O)COc1ccc2oc3ccccc3c2c1. The number of nitrogens with zero attached hydrogens (tertiary/aromatic N) is 1. The molecule has 0 aliphatic heterocycles. The van der Waals surface area contributed by atoms with Gasteiger partial charge in [-0.15, -0.1) is 0 Å². The highest BCUT2D eigenvalue weighted by Crippen LogP contribution is 2.31. The van der Waals surface area contributed by atoms with Gasteiger partial charge in [-0.1, -0.05) is 48.5 Å². The van der Waals surface area contributed by atoms with Crippen molar-refractivity contribution in [2.75, 3.05) is 13.2 Å². The molecule has 0 saturated carbocycles. The lowest BCUT2D eigenvalue weighted by molar-refractivity contribution is 0.0881. The zero-order valence-corrected chi connectivity index (χ0v) is 20.1. The Labute approximate surface area is 208 Å². The predicted molar refractivity (Wildman–Crippen MR) is 136 cm³/mol. The van der Waals surface area contributed by atoms with Crippen LogP contribution in [-0.4, -0.2) is 37.1 Å². The first-order chi connectivity index (χ1) is 17.4. The van der Waals surface area contributed by atoms with Crippen LogP contribution in [0.1, 0.15) is 5.56 Å². The summed E-state index contributed by atoms with van der Waals surface area (Å²) < 4.78 is 52.9. The number of fused-ring (bicyclic) bond motifs is 3. The van der Waals surface area contributed by atoms with Gasteiger partial charge >= 0.3 is 0 Å². The molecule has 0 fully saturated rings. The molecule has 1 aromatic heterocycles. The van der Waals surface area contributed by atoms with Gasteiger partial charge in [0.2, 0.25) is 10.0 Å². The molecule has 5 rings (SSSR count). The van der Waals surface area contributed by atoms with E-state index in [1.165, 1.54) is 16.4 Å². The highest BCUT2D eigenvalue weighted by Gasteiger charge is 2.27. The van der Waals surface area contributed by atoms with Gasteiger partial charge < -0.3 is 14.3 Å². The van der Waals surface area contributed by atoms with E-state index in [2.05, 4.69) is 0 Å². The van der Waals surface area contributed by atoms with Crippen LogP contribution in [0.5, 0.6) is 5.75 Å². The number of hydrogen-bond donors (Lipinski definition) is 1. The van der Waals surface area contributed by atoms with Crippen LogP contribution in [0.2, 0.25) is 0 Å². The fourth-order valence-electron chi connectivity index (χ4n) is 4.07. The minimum Gasteiger partial charge on any atom is -0.491 e. The molecule has 0 aliphatic rings. The lowest BCUT2D eigenvalue weighted by Gasteiger charge is -2.25. The number of aliphatic hydroxyl groups is 1. The average Bonchev–Trinajstić information content (AvgIpc) is 3.26. The lowest BCUT2D eigenvalue weighted by Crippen LogP contribution is -2.39. The Morgan fingerprint density at radius 3 is 2.33 bits per heavy atom. The van der Waals surface area contributed by atoms with Crippen LogP contribution in [0.15, 0.2) is 106 Å². The Kier molecular flexibility index (Phi) is 6.73. The summed E-state index contributed by atoms with van der Waals surface area (Å²) in [5.74, 6) is 0.00321. The first-order valence-corrected chi connectivity index (χ1v) is 12.9. The molecule has 8 heteroatoms. The number of benzene rings is 4. The second-order valence-corrected chi connectivity index (χ2v) is 10.4. The van der Waals surface area contributed by atoms with Crippen LogP contribution >= 0.6 is 0 Å². The molecular weight excluding hydrogens is 481 g/mol. The van der Waals surface area contributed by atoms with Crippen molar-refractivity contribution in [1.29, 1.82) is 0 Å². The van der Waals surface area contributed by atoms with Crippen LogP contribution in [-0.2, 0) is 16.6 Å². The maximum Gasteiger partial charge on any atom is 0.243 e. The van der Waals surface area contributed by atoms with E-state index < -0.39 is 21.9 Å². The predicted octanol–water partition coefficient (Wildman–Crippen LogP) is 5.36. The standard InChI is InChI=1S/C28H24FNO5S/c29-21-10-13-24(14-11-21)36(32,33)30(17-20-6-2-1-3-7-20)18-22(31)19-34-23-12-15-28-26(16-23)25-8-4-5-9-27(25)35-28/h1-16,22,31H,17-19H2/t22-/m0/s1. The molecule has 6 nitrogen and oxygen atoms in total. The molecule has 1 N–H and O–H groups in total. The van der Waals surface area contributed by atoms with Crippen LogP contribution < -0.4 is 4.74 Å². The van der Waals surface area contributed by atoms with Crippen LogP contribution in [0, 0.1) is 5.82 Å². The summed E-state index contributed by atoms with van der Waals surface area (Å²) >= 11 is 0. The topological polar surface area (TPSA) is 80.0 Å². The highest BCUT2D eigenvalue weighted by molar-refractivity contribution is 7.89. The van der Waals surface area contributed by atoms with Gasteiger partial charge in [-0.3, -0.25) is 0 Å². The fraction of sp³-hybridized carbons (Fsp3) is 0.143. The van der Waals surface area contributed by atoms with E-state index in [1.807, 2.05) is 48.5 Å². The highest BCUT2D eigenvalue weighted by atomic mass is 32.2. The lowest BCUT2D eigenvalue weighted by atomic mass is 10.1. The minimum absolute atomic E-state index is 0.0462. The molecule has 0 amide bonds. The molecule has 0 bridgehead atoms. The average molecular weight is 506 g/mol. The van der Waals surface area contributed by atoms with E-state index >= 15 is 0 Å². The van der Waals surface area contributed by atoms with E-state index in [0.717, 1.165) is 39.6 Å². The van der Waals surface area contributed by atoms with Crippen molar-refractivity contribution < 1.29 is 27.1 Å². The molecule has 1 heterocycles. The third-order valence-electron chi connectivity index (χ3n) is 5.86. The molecule has 5 aromatic rings. The van der Waals surface area contributed by atoms with E-state index in [9.17, 15) is 17.9 Å². The smallest absolute Gasteiger partial charge is 0.243 e. The Morgan fingerprint density at radius 1 is 0.861 bits per heavy atom. The first-order valence-electron chi connectivity index (χ1n) is 11.4. The number of aliphatic hydroxyl groups excluding tert-OH is 1. The number of rotatable bonds is 9. The Bertz CT molecular complexity index is 1580. The maximum atomic E-state index is 13.4. The zero-order valence-electron chi connectivity index (χ0n) is 19.2. The van der Waals surface area contributed by atoms with Gasteiger partial charge in [0.25, 0.3) is 0 Å². The summed E-state index contributed by atoms with van der Waals surface area (Å²) in [6.07, 6.45) is -1.11. The molecule has 4 aromatic carbocycles. The molecule has 0 unspecified atom stereocenters. The quantitative estimate of drug-likeness (QED) is 0.292. The van der Waals surface area contributed by atoms with Gasteiger partial charge in [-0.05, 0) is 54.1 Å². The minimum atomic E-state index is -4.00. The summed E-state index contributed by atoms with van der Waals surface area (Å²) in [7, 11) is -4.00. The first kappa shape index (κ1) is 24.0. The molecule has 184 valence electrons. The Hall–Kier alpha value is -3.72. The number of sulfonamides is 1. The van der Waals surface area contributed by atoms with Crippen LogP contribution in [0.25, 0.3) is 21.9 Å². The van der Waals surface area contributed by atoms with Crippen molar-refractivity contribution in [3.63, 3.8) is 0 Å². The summed E-state index contributed by atoms with van der Waals surface area (Å²) in [5.41, 5.74) is 2.25. The van der Waals surface area contributed by atoms with Gasteiger partial charge in [0, 0.05) is 23.9 Å². The number of ether oxygens (including phenoxy) is 1. The van der Waals surface area contributed by atoms with Crippen molar-refractivity contribution in [2.45, 2.75) is 17.5 Å². The van der Waals surface area contributed by atoms with E-state index in [1.54, 1.807) is 24.3 Å². The van der Waals surface area contributed by atoms with E-state index in [0.29, 0.717) is 5.75 Å². The largest absolute Gasteiger partial charge is 0.491 e. The van der Waals surface area contributed by atoms with Gasteiger partial charge in [-0.25, -0.2) is 12.8 Å². The summed E-state index contributed by atoms with van der Waals surface area (Å²) in [6, 6.07) is 26.8. The van der Waals surface area contributed by atoms with Gasteiger partial charge in [0.1, 0.15) is 35.4 Å². The zero-order chi connectivity index (χ0) is 25.1. The Morgan fingerprint density at radius 2 is 1.56 bits per heavy atom. The molecule has 0 saturated heterocycles. The van der Waals surface area contributed by atoms with Gasteiger partial charge in [0.05, 0.1) is 4.90 Å². The van der Waals surface area contributed by atoms with E-state index in [4.69, 9.17) is 9.15 Å². The number of para-hydroxylation sites is 1. The molecule has 36 heavy (non-hydrogen) atoms. The van der Waals surface area contributed by atoms with Gasteiger partial charge in [0.15, 0.2) is 0 Å². The third-order valence-corrected chi connectivity index (χ3v) is 7.68. The van der Waals surface area contributed by atoms with Crippen molar-refractivity contribution in [1.82, 2.24) is 4.31 Å². The van der Waals surface area contributed by atoms with Crippen LogP contribution in [0.3, 0.4) is 0 Å².